The second-order valence-electron chi connectivity index (χ2n) is 7.39. The first-order valence-corrected chi connectivity index (χ1v) is 12.6. The van der Waals surface area contributed by atoms with E-state index in [1.807, 2.05) is 0 Å². The standard InChI is InChI=1S/C22H12F6N2O4S2/c23-21(24,25)35(31,32)29-17-11-9-13-5-1-3-7-15(13)19(17)20-16-8-4-2-6-14(16)10-12-18(20)30-36(33,34)22(26,27)28/h1-12H/q-2. The maximum Gasteiger partial charge on any atom is 0.483 e. The summed E-state index contributed by atoms with van der Waals surface area (Å²) in [6, 6.07) is 16.3. The highest BCUT2D eigenvalue weighted by molar-refractivity contribution is 7.95. The van der Waals surface area contributed by atoms with Crippen molar-refractivity contribution < 1.29 is 43.2 Å². The molecule has 0 aliphatic rings. The Kier molecular flexibility index (Phi) is 6.07. The summed E-state index contributed by atoms with van der Waals surface area (Å²) in [6.45, 7) is 0. The number of benzene rings is 4. The van der Waals surface area contributed by atoms with Crippen LogP contribution < -0.4 is 0 Å². The molecular weight excluding hydrogens is 534 g/mol. The van der Waals surface area contributed by atoms with Gasteiger partial charge < -0.3 is 9.44 Å². The highest BCUT2D eigenvalue weighted by atomic mass is 32.2. The molecule has 14 heteroatoms. The third kappa shape index (κ3) is 4.53. The first-order valence-electron chi connectivity index (χ1n) is 9.75. The van der Waals surface area contributed by atoms with Crippen LogP contribution in [0.5, 0.6) is 0 Å². The minimum Gasteiger partial charge on any atom is -0.569 e. The quantitative estimate of drug-likeness (QED) is 0.244. The van der Waals surface area contributed by atoms with Gasteiger partial charge in [-0.1, -0.05) is 72.8 Å². The fraction of sp³-hybridized carbons (Fsp3) is 0.0909. The summed E-state index contributed by atoms with van der Waals surface area (Å²) in [7, 11) is -12.2. The molecule has 190 valence electrons. The molecule has 4 rings (SSSR count). The van der Waals surface area contributed by atoms with E-state index in [-0.39, 0.29) is 21.9 Å². The largest absolute Gasteiger partial charge is 0.569 e. The first kappa shape index (κ1) is 25.6. The summed E-state index contributed by atoms with van der Waals surface area (Å²) < 4.78 is 132. The molecule has 0 unspecified atom stereocenters. The van der Waals surface area contributed by atoms with Crippen LogP contribution in [0.25, 0.3) is 42.1 Å². The molecule has 0 N–H and O–H groups in total. The Balaban J connectivity index is 2.13. The van der Waals surface area contributed by atoms with Crippen molar-refractivity contribution in [2.45, 2.75) is 11.0 Å². The Bertz CT molecular complexity index is 1570. The molecule has 0 radical (unpaired) electrons. The van der Waals surface area contributed by atoms with Crippen LogP contribution in [0.3, 0.4) is 0 Å². The molecule has 0 saturated heterocycles. The first-order chi connectivity index (χ1) is 16.6. The van der Waals surface area contributed by atoms with E-state index in [2.05, 4.69) is 9.44 Å². The lowest BCUT2D eigenvalue weighted by molar-refractivity contribution is -0.0431. The van der Waals surface area contributed by atoms with Crippen LogP contribution in [0.15, 0.2) is 72.8 Å². The SMILES string of the molecule is O=S(=O)([N-]c1ccc2ccccc2c1-c1c([N-]S(=O)(=O)C(F)(F)F)ccc2ccccc12)C(F)(F)F. The van der Waals surface area contributed by atoms with Gasteiger partial charge in [0.15, 0.2) is 20.0 Å². The van der Waals surface area contributed by atoms with E-state index in [1.54, 1.807) is 12.1 Å². The number of sulfonamides is 2. The van der Waals surface area contributed by atoms with E-state index in [1.165, 1.54) is 48.5 Å². The number of alkyl halides is 6. The van der Waals surface area contributed by atoms with Gasteiger partial charge in [0.05, 0.1) is 0 Å². The van der Waals surface area contributed by atoms with Crippen molar-refractivity contribution in [2.75, 3.05) is 0 Å². The van der Waals surface area contributed by atoms with Crippen LogP contribution in [0, 0.1) is 0 Å². The predicted octanol–water partition coefficient (Wildman–Crippen LogP) is 7.37. The van der Waals surface area contributed by atoms with Crippen molar-refractivity contribution in [1.29, 1.82) is 0 Å². The van der Waals surface area contributed by atoms with Crippen molar-refractivity contribution in [3.8, 4) is 11.1 Å². The average molecular weight is 546 g/mol. The van der Waals surface area contributed by atoms with Gasteiger partial charge in [0.2, 0.25) is 0 Å². The maximum absolute atomic E-state index is 13.1. The van der Waals surface area contributed by atoms with Crippen LogP contribution in [0.4, 0.5) is 37.7 Å². The third-order valence-electron chi connectivity index (χ3n) is 5.09. The second kappa shape index (κ2) is 8.55. The zero-order chi connectivity index (χ0) is 26.5. The molecule has 4 aromatic rings. The Labute approximate surface area is 200 Å². The van der Waals surface area contributed by atoms with Gasteiger partial charge in [0.25, 0.3) is 0 Å². The highest BCUT2D eigenvalue weighted by Gasteiger charge is 2.40. The summed E-state index contributed by atoms with van der Waals surface area (Å²) in [5.74, 6) is 0. The van der Waals surface area contributed by atoms with Gasteiger partial charge in [0.1, 0.15) is 0 Å². The second-order valence-corrected chi connectivity index (χ2v) is 10.6. The lowest BCUT2D eigenvalue weighted by Gasteiger charge is -2.32. The van der Waals surface area contributed by atoms with Crippen molar-refractivity contribution in [2.24, 2.45) is 0 Å². The molecule has 6 nitrogen and oxygen atoms in total. The number of hydrogen-bond donors (Lipinski definition) is 0. The predicted molar refractivity (Wildman–Crippen MR) is 123 cm³/mol. The van der Waals surface area contributed by atoms with E-state index in [0.29, 0.717) is 10.8 Å². The van der Waals surface area contributed by atoms with Crippen molar-refractivity contribution >= 4 is 53.0 Å². The summed E-state index contributed by atoms with van der Waals surface area (Å²) in [4.78, 5) is 0. The summed E-state index contributed by atoms with van der Waals surface area (Å²) in [5, 5.41) is 0.948. The van der Waals surface area contributed by atoms with Gasteiger partial charge in [0, 0.05) is 0 Å². The third-order valence-corrected chi connectivity index (χ3v) is 7.13. The molecule has 4 aromatic carbocycles. The summed E-state index contributed by atoms with van der Waals surface area (Å²) in [6.07, 6.45) is 0. The summed E-state index contributed by atoms with van der Waals surface area (Å²) >= 11 is 0. The molecule has 0 atom stereocenters. The molecule has 0 amide bonds. The van der Waals surface area contributed by atoms with E-state index < -0.39 is 42.4 Å². The van der Waals surface area contributed by atoms with Gasteiger partial charge >= 0.3 is 11.0 Å². The fourth-order valence-electron chi connectivity index (χ4n) is 3.56. The van der Waals surface area contributed by atoms with Crippen molar-refractivity contribution in [3.05, 3.63) is 82.2 Å². The Morgan fingerprint density at radius 1 is 0.500 bits per heavy atom. The fourth-order valence-corrected chi connectivity index (χ4v) is 4.59. The molecule has 0 saturated carbocycles. The van der Waals surface area contributed by atoms with Gasteiger partial charge in [-0.3, -0.25) is 0 Å². The number of hydrogen-bond acceptors (Lipinski definition) is 4. The van der Waals surface area contributed by atoms with Gasteiger partial charge in [-0.2, -0.15) is 26.3 Å². The lowest BCUT2D eigenvalue weighted by atomic mass is 9.91. The smallest absolute Gasteiger partial charge is 0.483 e. The van der Waals surface area contributed by atoms with E-state index in [9.17, 15) is 43.2 Å². The zero-order valence-corrected chi connectivity index (χ0v) is 19.2. The van der Waals surface area contributed by atoms with Crippen LogP contribution in [-0.2, 0) is 20.0 Å². The normalized spacial score (nSPS) is 13.2. The molecule has 0 bridgehead atoms. The Morgan fingerprint density at radius 3 is 1.17 bits per heavy atom. The van der Waals surface area contributed by atoms with Gasteiger partial charge in [-0.25, -0.2) is 16.8 Å². The average Bonchev–Trinajstić information content (AvgIpc) is 2.77. The Hall–Kier alpha value is -3.52. The van der Waals surface area contributed by atoms with Gasteiger partial charge in [-0.05, 0) is 32.7 Å². The lowest BCUT2D eigenvalue weighted by Crippen LogP contribution is -2.21. The number of rotatable bonds is 5. The minimum absolute atomic E-state index is 0.105. The van der Waals surface area contributed by atoms with E-state index in [0.717, 1.165) is 12.1 Å². The molecule has 0 spiro atoms. The molecule has 0 fully saturated rings. The topological polar surface area (TPSA) is 96.5 Å². The number of halogens is 6. The molecule has 36 heavy (non-hydrogen) atoms. The monoisotopic (exact) mass is 546 g/mol. The number of nitrogens with zero attached hydrogens (tertiary/aromatic N) is 2. The molecule has 0 aliphatic heterocycles. The highest BCUT2D eigenvalue weighted by Crippen LogP contribution is 2.50. The minimum atomic E-state index is -6.08. The Morgan fingerprint density at radius 2 is 0.833 bits per heavy atom. The molecule has 0 aromatic heterocycles. The zero-order valence-electron chi connectivity index (χ0n) is 17.5. The molecular formula is C22H12F6N2O4S2-2. The van der Waals surface area contributed by atoms with Crippen LogP contribution in [-0.4, -0.2) is 27.9 Å². The van der Waals surface area contributed by atoms with Crippen molar-refractivity contribution in [3.63, 3.8) is 0 Å². The van der Waals surface area contributed by atoms with Crippen molar-refractivity contribution in [1.82, 2.24) is 0 Å². The van der Waals surface area contributed by atoms with Crippen LogP contribution in [0.2, 0.25) is 0 Å². The van der Waals surface area contributed by atoms with E-state index >= 15 is 0 Å². The van der Waals surface area contributed by atoms with Crippen LogP contribution in [0.1, 0.15) is 0 Å². The van der Waals surface area contributed by atoms with Gasteiger partial charge in [-0.15, -0.1) is 11.4 Å². The maximum atomic E-state index is 13.1. The molecule has 0 aliphatic carbocycles. The molecule has 0 heterocycles. The summed E-state index contributed by atoms with van der Waals surface area (Å²) in [5.41, 5.74) is -13.7. The number of fused-ring (bicyclic) bond motifs is 2. The van der Waals surface area contributed by atoms with E-state index in [4.69, 9.17) is 0 Å². The van der Waals surface area contributed by atoms with Crippen LogP contribution >= 0.6 is 0 Å².